The van der Waals surface area contributed by atoms with Crippen molar-refractivity contribution in [2.45, 2.75) is 19.9 Å². The van der Waals surface area contributed by atoms with Gasteiger partial charge in [-0.2, -0.15) is 0 Å². The summed E-state index contributed by atoms with van der Waals surface area (Å²) < 4.78 is 4.86. The van der Waals surface area contributed by atoms with Gasteiger partial charge in [0.25, 0.3) is 0 Å². The second-order valence-electron chi connectivity index (χ2n) is 5.53. The zero-order valence-electron chi connectivity index (χ0n) is 13.6. The zero-order valence-corrected chi connectivity index (χ0v) is 13.6. The Labute approximate surface area is 136 Å². The third-order valence-electron chi connectivity index (χ3n) is 3.80. The van der Waals surface area contributed by atoms with E-state index in [2.05, 4.69) is 5.32 Å². The molecule has 0 amide bonds. The number of esters is 1. The molecule has 0 saturated heterocycles. The molecule has 2 atom stereocenters. The van der Waals surface area contributed by atoms with Crippen molar-refractivity contribution in [2.24, 2.45) is 5.92 Å². The summed E-state index contributed by atoms with van der Waals surface area (Å²) >= 11 is 0. The first-order chi connectivity index (χ1) is 11.0. The number of nitrogens with one attached hydrogen (secondary N) is 1. The van der Waals surface area contributed by atoms with Crippen molar-refractivity contribution in [1.82, 2.24) is 0 Å². The molecule has 0 bridgehead atoms. The van der Waals surface area contributed by atoms with Crippen molar-refractivity contribution >= 4 is 17.4 Å². The summed E-state index contributed by atoms with van der Waals surface area (Å²) in [7, 11) is 1.33. The lowest BCUT2D eigenvalue weighted by Crippen LogP contribution is -2.40. The van der Waals surface area contributed by atoms with E-state index in [0.717, 1.165) is 11.3 Å². The van der Waals surface area contributed by atoms with E-state index < -0.39 is 17.9 Å². The molecule has 23 heavy (non-hydrogen) atoms. The summed E-state index contributed by atoms with van der Waals surface area (Å²) in [5.41, 5.74) is 2.48. The number of ketones is 1. The molecule has 0 aliphatic heterocycles. The molecule has 2 aromatic rings. The Morgan fingerprint density at radius 3 is 2.17 bits per heavy atom. The predicted molar refractivity (Wildman–Crippen MR) is 90.5 cm³/mol. The van der Waals surface area contributed by atoms with Gasteiger partial charge in [-0.3, -0.25) is 4.79 Å². The minimum Gasteiger partial charge on any atom is -0.467 e. The molecular weight excluding hydrogens is 290 g/mol. The number of carbonyl (C=O) groups is 2. The fourth-order valence-electron chi connectivity index (χ4n) is 2.36. The van der Waals surface area contributed by atoms with E-state index in [1.54, 1.807) is 31.2 Å². The van der Waals surface area contributed by atoms with Crippen molar-refractivity contribution in [3.8, 4) is 0 Å². The van der Waals surface area contributed by atoms with E-state index in [1.807, 2.05) is 37.3 Å². The Morgan fingerprint density at radius 1 is 1.00 bits per heavy atom. The van der Waals surface area contributed by atoms with Crippen molar-refractivity contribution in [1.29, 1.82) is 0 Å². The van der Waals surface area contributed by atoms with Crippen LogP contribution in [0.3, 0.4) is 0 Å². The van der Waals surface area contributed by atoms with Gasteiger partial charge in [0.05, 0.1) is 13.0 Å². The SMILES string of the molecule is COC(=O)[C@H](Nc1ccc(C)cc1)[C@H](C)C(=O)c1ccccc1. The molecule has 0 saturated carbocycles. The average molecular weight is 311 g/mol. The second kappa shape index (κ2) is 7.58. The number of carbonyl (C=O) groups excluding carboxylic acids is 2. The van der Waals surface area contributed by atoms with Gasteiger partial charge in [-0.1, -0.05) is 55.0 Å². The summed E-state index contributed by atoms with van der Waals surface area (Å²) in [5, 5.41) is 3.11. The van der Waals surface area contributed by atoms with Crippen molar-refractivity contribution in [2.75, 3.05) is 12.4 Å². The highest BCUT2D eigenvalue weighted by Gasteiger charge is 2.31. The molecule has 1 N–H and O–H groups in total. The number of benzene rings is 2. The molecule has 0 unspecified atom stereocenters. The topological polar surface area (TPSA) is 55.4 Å². The normalized spacial score (nSPS) is 13.0. The quantitative estimate of drug-likeness (QED) is 0.655. The number of hydrogen-bond acceptors (Lipinski definition) is 4. The van der Waals surface area contributed by atoms with E-state index in [1.165, 1.54) is 7.11 Å². The highest BCUT2D eigenvalue weighted by atomic mass is 16.5. The van der Waals surface area contributed by atoms with Crippen LogP contribution in [0.5, 0.6) is 0 Å². The number of aryl methyl sites for hydroxylation is 1. The van der Waals surface area contributed by atoms with Crippen LogP contribution in [0, 0.1) is 12.8 Å². The van der Waals surface area contributed by atoms with Crippen LogP contribution in [0.15, 0.2) is 54.6 Å². The first-order valence-corrected chi connectivity index (χ1v) is 7.53. The number of rotatable bonds is 6. The predicted octanol–water partition coefficient (Wildman–Crippen LogP) is 3.47. The highest BCUT2D eigenvalue weighted by molar-refractivity contribution is 6.01. The highest BCUT2D eigenvalue weighted by Crippen LogP contribution is 2.19. The maximum atomic E-state index is 12.6. The Balaban J connectivity index is 2.22. The minimum absolute atomic E-state index is 0.0967. The van der Waals surface area contributed by atoms with Crippen LogP contribution in [-0.4, -0.2) is 24.9 Å². The molecule has 0 aliphatic rings. The van der Waals surface area contributed by atoms with E-state index in [9.17, 15) is 9.59 Å². The van der Waals surface area contributed by atoms with Gasteiger partial charge in [0.1, 0.15) is 6.04 Å². The maximum absolute atomic E-state index is 12.6. The van der Waals surface area contributed by atoms with Crippen LogP contribution in [-0.2, 0) is 9.53 Å². The Morgan fingerprint density at radius 2 is 1.61 bits per heavy atom. The van der Waals surface area contributed by atoms with E-state index in [-0.39, 0.29) is 5.78 Å². The van der Waals surface area contributed by atoms with E-state index >= 15 is 0 Å². The molecule has 2 rings (SSSR count). The second-order valence-corrected chi connectivity index (χ2v) is 5.53. The van der Waals surface area contributed by atoms with Gasteiger partial charge in [0, 0.05) is 11.3 Å². The fourth-order valence-corrected chi connectivity index (χ4v) is 2.36. The lowest BCUT2D eigenvalue weighted by molar-refractivity contribution is -0.142. The Bertz CT molecular complexity index is 665. The fraction of sp³-hybridized carbons (Fsp3) is 0.263. The zero-order chi connectivity index (χ0) is 16.8. The molecular formula is C19H21NO3. The Kier molecular flexibility index (Phi) is 5.52. The molecule has 0 fully saturated rings. The van der Waals surface area contributed by atoms with Crippen LogP contribution in [0.25, 0.3) is 0 Å². The van der Waals surface area contributed by atoms with Crippen LogP contribution in [0.1, 0.15) is 22.8 Å². The third-order valence-corrected chi connectivity index (χ3v) is 3.80. The third kappa shape index (κ3) is 4.19. The molecule has 4 nitrogen and oxygen atoms in total. The van der Waals surface area contributed by atoms with Gasteiger partial charge in [-0.05, 0) is 19.1 Å². The first-order valence-electron chi connectivity index (χ1n) is 7.53. The molecule has 0 aromatic heterocycles. The average Bonchev–Trinajstić information content (AvgIpc) is 2.60. The first kappa shape index (κ1) is 16.7. The molecule has 0 radical (unpaired) electrons. The van der Waals surface area contributed by atoms with Crippen molar-refractivity contribution in [3.63, 3.8) is 0 Å². The summed E-state index contributed by atoms with van der Waals surface area (Å²) in [4.78, 5) is 24.7. The number of methoxy groups -OCH3 is 1. The monoisotopic (exact) mass is 311 g/mol. The van der Waals surface area contributed by atoms with Crippen LogP contribution >= 0.6 is 0 Å². The van der Waals surface area contributed by atoms with Gasteiger partial charge in [-0.25, -0.2) is 4.79 Å². The molecule has 2 aromatic carbocycles. The van der Waals surface area contributed by atoms with Crippen molar-refractivity contribution in [3.05, 3.63) is 65.7 Å². The molecule has 4 heteroatoms. The van der Waals surface area contributed by atoms with Gasteiger partial charge < -0.3 is 10.1 Å². The molecule has 0 spiro atoms. The summed E-state index contributed by atoms with van der Waals surface area (Å²) in [5.74, 6) is -1.10. The van der Waals surface area contributed by atoms with Gasteiger partial charge in [0.2, 0.25) is 0 Å². The largest absolute Gasteiger partial charge is 0.467 e. The Hall–Kier alpha value is -2.62. The molecule has 120 valence electrons. The standard InChI is InChI=1S/C19H21NO3/c1-13-9-11-16(12-10-13)20-17(19(22)23-3)14(2)18(21)15-7-5-4-6-8-15/h4-12,14,17,20H,1-3H3/t14-,17+/m0/s1. The number of ether oxygens (including phenoxy) is 1. The van der Waals surface area contributed by atoms with Gasteiger partial charge >= 0.3 is 5.97 Å². The smallest absolute Gasteiger partial charge is 0.329 e. The maximum Gasteiger partial charge on any atom is 0.329 e. The van der Waals surface area contributed by atoms with Crippen molar-refractivity contribution < 1.29 is 14.3 Å². The summed E-state index contributed by atoms with van der Waals surface area (Å²) in [6.07, 6.45) is 0. The van der Waals surface area contributed by atoms with E-state index in [0.29, 0.717) is 5.56 Å². The van der Waals surface area contributed by atoms with Gasteiger partial charge in [-0.15, -0.1) is 0 Å². The number of hydrogen-bond donors (Lipinski definition) is 1. The lowest BCUT2D eigenvalue weighted by atomic mass is 9.92. The number of Topliss-reactive ketones (excluding diaryl/α,β-unsaturated/α-hetero) is 1. The molecule has 0 aliphatic carbocycles. The van der Waals surface area contributed by atoms with Crippen LogP contribution in [0.4, 0.5) is 5.69 Å². The summed E-state index contributed by atoms with van der Waals surface area (Å²) in [6.45, 7) is 3.72. The van der Waals surface area contributed by atoms with Crippen LogP contribution in [0.2, 0.25) is 0 Å². The lowest BCUT2D eigenvalue weighted by Gasteiger charge is -2.23. The summed E-state index contributed by atoms with van der Waals surface area (Å²) in [6, 6.07) is 15.9. The number of anilines is 1. The minimum atomic E-state index is -0.740. The van der Waals surface area contributed by atoms with E-state index in [4.69, 9.17) is 4.74 Å². The molecule has 0 heterocycles. The van der Waals surface area contributed by atoms with Crippen LogP contribution < -0.4 is 5.32 Å². The van der Waals surface area contributed by atoms with Gasteiger partial charge in [0.15, 0.2) is 5.78 Å².